The summed E-state index contributed by atoms with van der Waals surface area (Å²) >= 11 is 0. The summed E-state index contributed by atoms with van der Waals surface area (Å²) in [5.74, 6) is 0.492. The van der Waals surface area contributed by atoms with Crippen molar-refractivity contribution in [2.24, 2.45) is 0 Å². The van der Waals surface area contributed by atoms with E-state index < -0.39 is 6.04 Å². The monoisotopic (exact) mass is 168 g/mol. The molecule has 0 spiro atoms. The normalized spacial score (nSPS) is 21.8. The molecule has 12 heavy (non-hydrogen) atoms. The summed E-state index contributed by atoms with van der Waals surface area (Å²) in [6.07, 6.45) is 2.75. The molecule has 1 aromatic heterocycles. The Bertz CT molecular complexity index is 308. The van der Waals surface area contributed by atoms with E-state index in [4.69, 9.17) is 0 Å². The summed E-state index contributed by atoms with van der Waals surface area (Å²) in [7, 11) is 0. The first-order valence-electron chi connectivity index (χ1n) is 3.80. The molecular formula is C6H8N4O2. The number of rotatable bonds is 1. The van der Waals surface area contributed by atoms with Gasteiger partial charge in [0, 0.05) is 17.9 Å². The number of hydrogen-bond acceptors (Lipinski definition) is 4. The number of aryl methyl sites for hydroxylation is 1. The minimum Gasteiger partial charge on any atom is -0.264 e. The van der Waals surface area contributed by atoms with Crippen LogP contribution in [0.25, 0.3) is 0 Å². The van der Waals surface area contributed by atoms with Gasteiger partial charge >= 0.3 is 0 Å². The van der Waals surface area contributed by atoms with Gasteiger partial charge < -0.3 is 0 Å². The molecule has 0 saturated heterocycles. The van der Waals surface area contributed by atoms with Crippen LogP contribution in [0.2, 0.25) is 0 Å². The molecule has 1 unspecified atom stereocenters. The summed E-state index contributed by atoms with van der Waals surface area (Å²) in [5.41, 5.74) is 0. The second-order valence-electron chi connectivity index (χ2n) is 2.78. The standard InChI is InChI=1S/C6H8N4O2/c11-10(12)5-2-1-3-9-6(5)7-4-8-9/h4-5H,1-3H2. The van der Waals surface area contributed by atoms with Crippen molar-refractivity contribution in [1.29, 1.82) is 0 Å². The third kappa shape index (κ3) is 0.956. The highest BCUT2D eigenvalue weighted by atomic mass is 16.6. The van der Waals surface area contributed by atoms with Crippen molar-refractivity contribution in [2.75, 3.05) is 0 Å². The molecule has 0 amide bonds. The largest absolute Gasteiger partial charge is 0.271 e. The quantitative estimate of drug-likeness (QED) is 0.449. The Kier molecular flexibility index (Phi) is 1.53. The van der Waals surface area contributed by atoms with E-state index in [1.165, 1.54) is 6.33 Å². The van der Waals surface area contributed by atoms with E-state index in [1.54, 1.807) is 4.68 Å². The highest BCUT2D eigenvalue weighted by molar-refractivity contribution is 4.93. The summed E-state index contributed by atoms with van der Waals surface area (Å²) in [6.45, 7) is 0.750. The van der Waals surface area contributed by atoms with Crippen LogP contribution in [-0.2, 0) is 6.54 Å². The van der Waals surface area contributed by atoms with Gasteiger partial charge in [0.1, 0.15) is 6.33 Å². The molecule has 1 aromatic rings. The topological polar surface area (TPSA) is 73.8 Å². The number of nitro groups is 1. The summed E-state index contributed by atoms with van der Waals surface area (Å²) in [6, 6.07) is -0.652. The first-order chi connectivity index (χ1) is 5.79. The van der Waals surface area contributed by atoms with Crippen LogP contribution in [0.3, 0.4) is 0 Å². The van der Waals surface area contributed by atoms with Gasteiger partial charge in [0.05, 0.1) is 0 Å². The van der Waals surface area contributed by atoms with Crippen LogP contribution < -0.4 is 0 Å². The van der Waals surface area contributed by atoms with Crippen molar-refractivity contribution in [3.05, 3.63) is 22.3 Å². The maximum absolute atomic E-state index is 10.5. The summed E-state index contributed by atoms with van der Waals surface area (Å²) < 4.78 is 1.61. The average Bonchev–Trinajstić information content (AvgIpc) is 2.49. The van der Waals surface area contributed by atoms with Crippen LogP contribution in [0.1, 0.15) is 24.7 Å². The Morgan fingerprint density at radius 2 is 2.58 bits per heavy atom. The van der Waals surface area contributed by atoms with E-state index in [0.717, 1.165) is 13.0 Å². The van der Waals surface area contributed by atoms with Crippen LogP contribution in [0.15, 0.2) is 6.33 Å². The lowest BCUT2D eigenvalue weighted by molar-refractivity contribution is -0.533. The lowest BCUT2D eigenvalue weighted by Gasteiger charge is -2.15. The smallest absolute Gasteiger partial charge is 0.264 e. The fourth-order valence-corrected chi connectivity index (χ4v) is 1.47. The minimum absolute atomic E-state index is 0.292. The lowest BCUT2D eigenvalue weighted by atomic mass is 10.1. The van der Waals surface area contributed by atoms with Gasteiger partial charge in [-0.05, 0) is 6.42 Å². The molecule has 1 aliphatic rings. The minimum atomic E-state index is -0.652. The van der Waals surface area contributed by atoms with Crippen LogP contribution >= 0.6 is 0 Å². The van der Waals surface area contributed by atoms with Crippen molar-refractivity contribution >= 4 is 0 Å². The molecule has 0 N–H and O–H groups in total. The van der Waals surface area contributed by atoms with E-state index in [0.29, 0.717) is 12.2 Å². The molecule has 2 rings (SSSR count). The third-order valence-electron chi connectivity index (χ3n) is 2.05. The molecule has 6 heteroatoms. The molecule has 1 atom stereocenters. The summed E-state index contributed by atoms with van der Waals surface area (Å²) in [5, 5.41) is 14.4. The predicted octanol–water partition coefficient (Wildman–Crippen LogP) is 0.390. The Hall–Kier alpha value is -1.46. The number of aromatic nitrogens is 3. The highest BCUT2D eigenvalue weighted by Gasteiger charge is 2.31. The van der Waals surface area contributed by atoms with Gasteiger partial charge in [-0.2, -0.15) is 5.10 Å². The number of nitrogens with zero attached hydrogens (tertiary/aromatic N) is 4. The van der Waals surface area contributed by atoms with Gasteiger partial charge in [0.2, 0.25) is 5.82 Å². The van der Waals surface area contributed by atoms with Crippen LogP contribution in [0.5, 0.6) is 0 Å². The lowest BCUT2D eigenvalue weighted by Crippen LogP contribution is -2.22. The predicted molar refractivity (Wildman–Crippen MR) is 39.0 cm³/mol. The van der Waals surface area contributed by atoms with E-state index in [2.05, 4.69) is 10.1 Å². The molecule has 2 heterocycles. The van der Waals surface area contributed by atoms with E-state index in [9.17, 15) is 10.1 Å². The number of hydrogen-bond donors (Lipinski definition) is 0. The fourth-order valence-electron chi connectivity index (χ4n) is 1.47. The molecule has 0 fully saturated rings. The van der Waals surface area contributed by atoms with Gasteiger partial charge in [-0.25, -0.2) is 9.67 Å². The van der Waals surface area contributed by atoms with Crippen LogP contribution in [-0.4, -0.2) is 19.7 Å². The maximum atomic E-state index is 10.5. The van der Waals surface area contributed by atoms with Gasteiger partial charge in [0.15, 0.2) is 0 Å². The van der Waals surface area contributed by atoms with E-state index in [1.807, 2.05) is 0 Å². The molecule has 6 nitrogen and oxygen atoms in total. The Balaban J connectivity index is 2.37. The number of fused-ring (bicyclic) bond motifs is 1. The van der Waals surface area contributed by atoms with Crippen molar-refractivity contribution in [1.82, 2.24) is 14.8 Å². The average molecular weight is 168 g/mol. The van der Waals surface area contributed by atoms with Crippen molar-refractivity contribution in [3.8, 4) is 0 Å². The molecule has 64 valence electrons. The van der Waals surface area contributed by atoms with Gasteiger partial charge in [0.25, 0.3) is 6.04 Å². The molecular weight excluding hydrogens is 160 g/mol. The molecule has 1 aliphatic heterocycles. The highest BCUT2D eigenvalue weighted by Crippen LogP contribution is 2.24. The van der Waals surface area contributed by atoms with Crippen LogP contribution in [0, 0.1) is 10.1 Å². The molecule has 0 bridgehead atoms. The first kappa shape index (κ1) is 7.20. The Labute approximate surface area is 68.4 Å². The van der Waals surface area contributed by atoms with Gasteiger partial charge in [-0.3, -0.25) is 10.1 Å². The Morgan fingerprint density at radius 3 is 3.33 bits per heavy atom. The van der Waals surface area contributed by atoms with Crippen molar-refractivity contribution in [2.45, 2.75) is 25.4 Å². The summed E-state index contributed by atoms with van der Waals surface area (Å²) in [4.78, 5) is 14.1. The van der Waals surface area contributed by atoms with E-state index >= 15 is 0 Å². The van der Waals surface area contributed by atoms with E-state index in [-0.39, 0.29) is 4.92 Å². The van der Waals surface area contributed by atoms with Crippen molar-refractivity contribution in [3.63, 3.8) is 0 Å². The zero-order valence-corrected chi connectivity index (χ0v) is 6.38. The van der Waals surface area contributed by atoms with Crippen molar-refractivity contribution < 1.29 is 4.92 Å². The zero-order chi connectivity index (χ0) is 8.55. The van der Waals surface area contributed by atoms with Gasteiger partial charge in [-0.1, -0.05) is 0 Å². The Morgan fingerprint density at radius 1 is 1.75 bits per heavy atom. The molecule has 0 radical (unpaired) electrons. The molecule has 0 saturated carbocycles. The molecule has 0 aliphatic carbocycles. The third-order valence-corrected chi connectivity index (χ3v) is 2.05. The van der Waals surface area contributed by atoms with Crippen LogP contribution in [0.4, 0.5) is 0 Å². The van der Waals surface area contributed by atoms with Gasteiger partial charge in [-0.15, -0.1) is 0 Å². The second kappa shape index (κ2) is 2.54. The fraction of sp³-hybridized carbons (Fsp3) is 0.667. The zero-order valence-electron chi connectivity index (χ0n) is 6.38. The SMILES string of the molecule is O=[N+]([O-])C1CCCn2ncnc21. The molecule has 0 aromatic carbocycles. The second-order valence-corrected chi connectivity index (χ2v) is 2.78. The maximum Gasteiger partial charge on any atom is 0.271 e. The first-order valence-corrected chi connectivity index (χ1v) is 3.80.